The summed E-state index contributed by atoms with van der Waals surface area (Å²) in [5.41, 5.74) is 3.60. The van der Waals surface area contributed by atoms with Gasteiger partial charge in [0.15, 0.2) is 0 Å². The minimum atomic E-state index is -0.371. The molecule has 1 unspecified atom stereocenters. The normalized spacial score (nSPS) is 20.7. The summed E-state index contributed by atoms with van der Waals surface area (Å²) in [6.07, 6.45) is 3.02. The number of hydrogen-bond acceptors (Lipinski definition) is 3. The van der Waals surface area contributed by atoms with Gasteiger partial charge in [-0.2, -0.15) is 0 Å². The molecule has 3 amide bonds. The van der Waals surface area contributed by atoms with Gasteiger partial charge in [-0.05, 0) is 55.2 Å². The molecule has 1 N–H and O–H groups in total. The van der Waals surface area contributed by atoms with Crippen LogP contribution in [0, 0.1) is 11.8 Å². The zero-order valence-electron chi connectivity index (χ0n) is 16.1. The Balaban J connectivity index is 1.26. The fraction of sp³-hybridized carbons (Fsp3) is 0.348. The third-order valence-corrected chi connectivity index (χ3v) is 6.00. The summed E-state index contributed by atoms with van der Waals surface area (Å²) in [5.74, 6) is -0.108. The van der Waals surface area contributed by atoms with Crippen molar-refractivity contribution < 1.29 is 14.4 Å². The summed E-state index contributed by atoms with van der Waals surface area (Å²) >= 11 is 0. The van der Waals surface area contributed by atoms with E-state index in [2.05, 4.69) is 5.32 Å². The Kier molecular flexibility index (Phi) is 4.34. The molecule has 29 heavy (non-hydrogen) atoms. The number of nitrogens with zero attached hydrogens (tertiary/aromatic N) is 2. The van der Waals surface area contributed by atoms with Crippen LogP contribution in [0.1, 0.15) is 24.8 Å². The maximum atomic E-state index is 12.8. The minimum Gasteiger partial charge on any atom is -0.326 e. The van der Waals surface area contributed by atoms with E-state index in [1.54, 1.807) is 4.90 Å². The zero-order valence-corrected chi connectivity index (χ0v) is 16.1. The first kappa shape index (κ1) is 17.9. The van der Waals surface area contributed by atoms with E-state index in [1.165, 1.54) is 0 Å². The van der Waals surface area contributed by atoms with Crippen LogP contribution < -0.4 is 15.1 Å². The van der Waals surface area contributed by atoms with Gasteiger partial charge in [0.2, 0.25) is 17.7 Å². The Morgan fingerprint density at radius 1 is 1.00 bits per heavy atom. The predicted molar refractivity (Wildman–Crippen MR) is 111 cm³/mol. The summed E-state index contributed by atoms with van der Waals surface area (Å²) in [5, 5.41) is 2.96. The standard InChI is InChI=1S/C23H23N3O3/c27-21-13-17(14-26(21)19-4-2-1-3-5-19)22(28)24-18-8-9-20-16(12-18)10-11-25(20)23(29)15-6-7-15/h1-5,8-9,12,15,17H,6-7,10-11,13-14H2,(H,24,28). The van der Waals surface area contributed by atoms with Gasteiger partial charge >= 0.3 is 0 Å². The molecule has 1 aliphatic carbocycles. The maximum Gasteiger partial charge on any atom is 0.230 e. The van der Waals surface area contributed by atoms with E-state index < -0.39 is 0 Å². The van der Waals surface area contributed by atoms with Crippen LogP contribution in [0.25, 0.3) is 0 Å². The van der Waals surface area contributed by atoms with Gasteiger partial charge in [0.1, 0.15) is 0 Å². The lowest BCUT2D eigenvalue weighted by Crippen LogP contribution is -2.30. The van der Waals surface area contributed by atoms with Gasteiger partial charge in [0.05, 0.1) is 5.92 Å². The number of rotatable bonds is 4. The molecule has 0 aromatic heterocycles. The Bertz CT molecular complexity index is 984. The molecule has 6 nitrogen and oxygen atoms in total. The highest BCUT2D eigenvalue weighted by Gasteiger charge is 2.37. The van der Waals surface area contributed by atoms with Gasteiger partial charge in [0, 0.05) is 42.5 Å². The lowest BCUT2D eigenvalue weighted by Gasteiger charge is -2.18. The van der Waals surface area contributed by atoms with E-state index in [1.807, 2.05) is 53.4 Å². The second-order valence-corrected chi connectivity index (χ2v) is 8.09. The highest BCUT2D eigenvalue weighted by molar-refractivity contribution is 6.04. The fourth-order valence-electron chi connectivity index (χ4n) is 4.24. The van der Waals surface area contributed by atoms with Crippen molar-refractivity contribution in [1.29, 1.82) is 0 Å². The molecule has 2 fully saturated rings. The van der Waals surface area contributed by atoms with E-state index in [9.17, 15) is 14.4 Å². The minimum absolute atomic E-state index is 0.0282. The molecule has 1 atom stereocenters. The first-order valence-corrected chi connectivity index (χ1v) is 10.2. The smallest absolute Gasteiger partial charge is 0.230 e. The van der Waals surface area contributed by atoms with Crippen molar-refractivity contribution in [3.63, 3.8) is 0 Å². The van der Waals surface area contributed by atoms with Crippen LogP contribution in [-0.4, -0.2) is 30.8 Å². The largest absolute Gasteiger partial charge is 0.326 e. The summed E-state index contributed by atoms with van der Waals surface area (Å²) < 4.78 is 0. The predicted octanol–water partition coefficient (Wildman–Crippen LogP) is 2.98. The molecule has 0 radical (unpaired) electrons. The highest BCUT2D eigenvalue weighted by atomic mass is 16.2. The molecular formula is C23H23N3O3. The van der Waals surface area contributed by atoms with Crippen molar-refractivity contribution in [3.05, 3.63) is 54.1 Å². The van der Waals surface area contributed by atoms with Crippen LogP contribution in [0.15, 0.2) is 48.5 Å². The van der Waals surface area contributed by atoms with Gasteiger partial charge in [0.25, 0.3) is 0 Å². The molecule has 3 aliphatic rings. The summed E-state index contributed by atoms with van der Waals surface area (Å²) in [6.45, 7) is 1.11. The third-order valence-electron chi connectivity index (χ3n) is 6.00. The van der Waals surface area contributed by atoms with Crippen molar-refractivity contribution in [1.82, 2.24) is 0 Å². The molecule has 148 valence electrons. The number of carbonyl (C=O) groups is 3. The highest BCUT2D eigenvalue weighted by Crippen LogP contribution is 2.37. The Morgan fingerprint density at radius 3 is 2.55 bits per heavy atom. The summed E-state index contributed by atoms with van der Waals surface area (Å²) in [4.78, 5) is 41.1. The van der Waals surface area contributed by atoms with Crippen LogP contribution in [0.2, 0.25) is 0 Å². The van der Waals surface area contributed by atoms with Crippen LogP contribution in [0.3, 0.4) is 0 Å². The van der Waals surface area contributed by atoms with Gasteiger partial charge in [-0.1, -0.05) is 18.2 Å². The van der Waals surface area contributed by atoms with Crippen LogP contribution in [0.5, 0.6) is 0 Å². The molecular weight excluding hydrogens is 366 g/mol. The van der Waals surface area contributed by atoms with Crippen molar-refractivity contribution in [2.24, 2.45) is 11.8 Å². The summed E-state index contributed by atoms with van der Waals surface area (Å²) in [6, 6.07) is 15.2. The monoisotopic (exact) mass is 389 g/mol. The van der Waals surface area contributed by atoms with Crippen molar-refractivity contribution in [2.75, 3.05) is 28.2 Å². The van der Waals surface area contributed by atoms with Crippen molar-refractivity contribution in [3.8, 4) is 0 Å². The molecule has 5 rings (SSSR count). The third kappa shape index (κ3) is 3.39. The Labute approximate surface area is 169 Å². The van der Waals surface area contributed by atoms with Gasteiger partial charge in [-0.3, -0.25) is 14.4 Å². The van der Waals surface area contributed by atoms with Crippen molar-refractivity contribution >= 4 is 34.8 Å². The zero-order chi connectivity index (χ0) is 20.0. The van der Waals surface area contributed by atoms with E-state index >= 15 is 0 Å². The van der Waals surface area contributed by atoms with Crippen molar-refractivity contribution in [2.45, 2.75) is 25.7 Å². The molecule has 2 heterocycles. The number of para-hydroxylation sites is 1. The first-order chi connectivity index (χ1) is 14.1. The quantitative estimate of drug-likeness (QED) is 0.874. The van der Waals surface area contributed by atoms with E-state index in [4.69, 9.17) is 0 Å². The fourth-order valence-corrected chi connectivity index (χ4v) is 4.24. The Hall–Kier alpha value is -3.15. The van der Waals surface area contributed by atoms with Crippen LogP contribution in [0.4, 0.5) is 17.1 Å². The number of anilines is 3. The van der Waals surface area contributed by atoms with Gasteiger partial charge in [-0.25, -0.2) is 0 Å². The average Bonchev–Trinajstić information content (AvgIpc) is 3.39. The molecule has 1 saturated heterocycles. The SMILES string of the molecule is O=C(Nc1ccc2c(c1)CCN2C(=O)C1CC1)C1CC(=O)N(c2ccccc2)C1. The number of amides is 3. The second-order valence-electron chi connectivity index (χ2n) is 8.09. The second kappa shape index (κ2) is 7.03. The summed E-state index contributed by atoms with van der Waals surface area (Å²) in [7, 11) is 0. The first-order valence-electron chi connectivity index (χ1n) is 10.2. The molecule has 0 spiro atoms. The topological polar surface area (TPSA) is 69.7 Å². The average molecular weight is 389 g/mol. The molecule has 2 aliphatic heterocycles. The van der Waals surface area contributed by atoms with Gasteiger partial charge in [-0.15, -0.1) is 0 Å². The lowest BCUT2D eigenvalue weighted by molar-refractivity contribution is -0.122. The molecule has 1 saturated carbocycles. The van der Waals surface area contributed by atoms with E-state index in [0.29, 0.717) is 13.1 Å². The van der Waals surface area contributed by atoms with E-state index in [-0.39, 0.29) is 36.0 Å². The van der Waals surface area contributed by atoms with Gasteiger partial charge < -0.3 is 15.1 Å². The Morgan fingerprint density at radius 2 is 1.79 bits per heavy atom. The molecule has 2 aromatic carbocycles. The van der Waals surface area contributed by atoms with Crippen LogP contribution in [-0.2, 0) is 20.8 Å². The molecule has 0 bridgehead atoms. The molecule has 2 aromatic rings. The number of benzene rings is 2. The van der Waals surface area contributed by atoms with E-state index in [0.717, 1.165) is 41.9 Å². The molecule has 6 heteroatoms. The maximum absolute atomic E-state index is 12.8. The number of fused-ring (bicyclic) bond motifs is 1. The lowest BCUT2D eigenvalue weighted by atomic mass is 10.1. The number of hydrogen-bond donors (Lipinski definition) is 1. The number of carbonyl (C=O) groups excluding carboxylic acids is 3. The van der Waals surface area contributed by atoms with Crippen LogP contribution >= 0.6 is 0 Å². The number of nitrogens with one attached hydrogen (secondary N) is 1.